The van der Waals surface area contributed by atoms with Crippen LogP contribution in [-0.4, -0.2) is 39.6 Å². The highest BCUT2D eigenvalue weighted by atomic mass is 32.2. The van der Waals surface area contributed by atoms with Crippen LogP contribution in [0, 0.1) is 12.8 Å². The minimum atomic E-state index is -3.58. The molecule has 1 saturated heterocycles. The Morgan fingerprint density at radius 1 is 1.26 bits per heavy atom. The average molecular weight is 409 g/mol. The summed E-state index contributed by atoms with van der Waals surface area (Å²) in [6, 6.07) is 9.53. The molecule has 0 atom stereocenters. The first-order valence-electron chi connectivity index (χ1n) is 9.46. The summed E-state index contributed by atoms with van der Waals surface area (Å²) in [7, 11) is -3.58. The van der Waals surface area contributed by atoms with Gasteiger partial charge in [-0.1, -0.05) is 12.1 Å². The van der Waals surface area contributed by atoms with Crippen molar-refractivity contribution in [3.05, 3.63) is 46.2 Å². The van der Waals surface area contributed by atoms with Crippen molar-refractivity contribution in [2.45, 2.75) is 38.1 Å². The normalized spacial score (nSPS) is 16.5. The van der Waals surface area contributed by atoms with Gasteiger partial charge in [-0.05, 0) is 74.8 Å². The lowest BCUT2D eigenvalue weighted by molar-refractivity contribution is 0.180. The van der Waals surface area contributed by atoms with Crippen LogP contribution in [-0.2, 0) is 16.6 Å². The first kappa shape index (κ1) is 20.3. The lowest BCUT2D eigenvalue weighted by Crippen LogP contribution is -2.38. The summed E-state index contributed by atoms with van der Waals surface area (Å²) in [5, 5.41) is 2.11. The molecule has 148 valence electrons. The van der Waals surface area contributed by atoms with Crippen LogP contribution in [0.2, 0.25) is 0 Å². The summed E-state index contributed by atoms with van der Waals surface area (Å²) in [6.45, 7) is 7.68. The molecule has 2 heterocycles. The van der Waals surface area contributed by atoms with Gasteiger partial charge in [-0.25, -0.2) is 13.1 Å². The zero-order chi connectivity index (χ0) is 19.3. The molecule has 0 saturated carbocycles. The van der Waals surface area contributed by atoms with Crippen LogP contribution in [0.5, 0.6) is 5.75 Å². The van der Waals surface area contributed by atoms with Crippen molar-refractivity contribution >= 4 is 21.4 Å². The minimum absolute atomic E-state index is 0.236. The SMILES string of the molecule is CCOc1ccc(C)cc1S(=O)(=O)NCC1CCN(Cc2cccs2)CC1. The molecule has 0 unspecified atom stereocenters. The number of aryl methyl sites for hydroxylation is 1. The maximum Gasteiger partial charge on any atom is 0.244 e. The number of hydrogen-bond acceptors (Lipinski definition) is 5. The van der Waals surface area contributed by atoms with Gasteiger partial charge in [-0.15, -0.1) is 11.3 Å². The number of rotatable bonds is 8. The third-order valence-corrected chi connectivity index (χ3v) is 7.22. The molecule has 1 N–H and O–H groups in total. The molecule has 0 aliphatic carbocycles. The molecule has 1 aromatic carbocycles. The smallest absolute Gasteiger partial charge is 0.244 e. The van der Waals surface area contributed by atoms with Gasteiger partial charge in [-0.3, -0.25) is 4.90 Å². The minimum Gasteiger partial charge on any atom is -0.492 e. The lowest BCUT2D eigenvalue weighted by atomic mass is 9.97. The molecule has 5 nitrogen and oxygen atoms in total. The molecule has 7 heteroatoms. The van der Waals surface area contributed by atoms with Gasteiger partial charge in [0.05, 0.1) is 6.61 Å². The van der Waals surface area contributed by atoms with E-state index in [9.17, 15) is 8.42 Å². The summed E-state index contributed by atoms with van der Waals surface area (Å²) in [5.74, 6) is 0.793. The van der Waals surface area contributed by atoms with Crippen LogP contribution in [0.25, 0.3) is 0 Å². The number of piperidine rings is 1. The third-order valence-electron chi connectivity index (χ3n) is 4.92. The molecule has 0 amide bonds. The Bertz CT molecular complexity index is 827. The van der Waals surface area contributed by atoms with Crippen molar-refractivity contribution < 1.29 is 13.2 Å². The number of ether oxygens (including phenoxy) is 1. The fourth-order valence-electron chi connectivity index (χ4n) is 3.38. The third kappa shape index (κ3) is 5.54. The van der Waals surface area contributed by atoms with Crippen LogP contribution < -0.4 is 9.46 Å². The topological polar surface area (TPSA) is 58.6 Å². The van der Waals surface area contributed by atoms with E-state index < -0.39 is 10.0 Å². The summed E-state index contributed by atoms with van der Waals surface area (Å²) in [4.78, 5) is 4.07. The number of nitrogens with one attached hydrogen (secondary N) is 1. The van der Waals surface area contributed by atoms with E-state index in [4.69, 9.17) is 4.74 Å². The van der Waals surface area contributed by atoms with Gasteiger partial charge in [0.1, 0.15) is 10.6 Å². The predicted molar refractivity (Wildman–Crippen MR) is 110 cm³/mol. The standard InChI is InChI=1S/C20H28N2O3S2/c1-3-25-19-7-6-16(2)13-20(19)27(23,24)21-14-17-8-10-22(11-9-17)15-18-5-4-12-26-18/h4-7,12-13,17,21H,3,8-11,14-15H2,1-2H3. The molecule has 2 aromatic rings. The van der Waals surface area contributed by atoms with Crippen LogP contribution in [0.4, 0.5) is 0 Å². The summed E-state index contributed by atoms with van der Waals surface area (Å²) < 4.78 is 33.9. The number of nitrogens with zero attached hydrogens (tertiary/aromatic N) is 1. The molecular weight excluding hydrogens is 380 g/mol. The number of sulfonamides is 1. The second kappa shape index (κ2) is 9.19. The predicted octanol–water partition coefficient (Wildman–Crippen LogP) is 3.65. The Labute approximate surface area is 166 Å². The molecule has 1 aliphatic heterocycles. The van der Waals surface area contributed by atoms with Crippen LogP contribution >= 0.6 is 11.3 Å². The molecule has 1 fully saturated rings. The Kier molecular flexibility index (Phi) is 6.92. The van der Waals surface area contributed by atoms with E-state index in [0.717, 1.165) is 38.0 Å². The number of thiophene rings is 1. The zero-order valence-electron chi connectivity index (χ0n) is 16.0. The van der Waals surface area contributed by atoms with Crippen LogP contribution in [0.15, 0.2) is 40.6 Å². The highest BCUT2D eigenvalue weighted by Crippen LogP contribution is 2.26. The second-order valence-electron chi connectivity index (χ2n) is 7.03. The fraction of sp³-hybridized carbons (Fsp3) is 0.500. The molecule has 27 heavy (non-hydrogen) atoms. The van der Waals surface area contributed by atoms with Crippen molar-refractivity contribution in [3.8, 4) is 5.75 Å². The largest absolute Gasteiger partial charge is 0.492 e. The van der Waals surface area contributed by atoms with E-state index in [1.807, 2.05) is 19.9 Å². The van der Waals surface area contributed by atoms with Crippen molar-refractivity contribution in [1.29, 1.82) is 0 Å². The van der Waals surface area contributed by atoms with Crippen molar-refractivity contribution in [1.82, 2.24) is 9.62 Å². The van der Waals surface area contributed by atoms with Gasteiger partial charge >= 0.3 is 0 Å². The van der Waals surface area contributed by atoms with Gasteiger partial charge in [0.25, 0.3) is 0 Å². The number of likely N-dealkylation sites (tertiary alicyclic amines) is 1. The van der Waals surface area contributed by atoms with Crippen molar-refractivity contribution in [2.75, 3.05) is 26.2 Å². The highest BCUT2D eigenvalue weighted by Gasteiger charge is 2.24. The Hall–Kier alpha value is -1.41. The Balaban J connectivity index is 1.55. The Morgan fingerprint density at radius 2 is 2.04 bits per heavy atom. The van der Waals surface area contributed by atoms with Gasteiger partial charge in [-0.2, -0.15) is 0 Å². The number of hydrogen-bond donors (Lipinski definition) is 1. The molecule has 1 aliphatic rings. The van der Waals surface area contributed by atoms with E-state index in [1.165, 1.54) is 4.88 Å². The second-order valence-corrected chi connectivity index (χ2v) is 9.80. The van der Waals surface area contributed by atoms with E-state index >= 15 is 0 Å². The lowest BCUT2D eigenvalue weighted by Gasteiger charge is -2.31. The van der Waals surface area contributed by atoms with Crippen LogP contribution in [0.1, 0.15) is 30.2 Å². The van der Waals surface area contributed by atoms with Gasteiger partial charge in [0, 0.05) is 18.0 Å². The molecule has 0 bridgehead atoms. The van der Waals surface area contributed by atoms with Crippen LogP contribution in [0.3, 0.4) is 0 Å². The molecule has 3 rings (SSSR count). The zero-order valence-corrected chi connectivity index (χ0v) is 17.6. The molecule has 0 radical (unpaired) electrons. The van der Waals surface area contributed by atoms with Gasteiger partial charge in [0.2, 0.25) is 10.0 Å². The quantitative estimate of drug-likeness (QED) is 0.724. The van der Waals surface area contributed by atoms with Gasteiger partial charge in [0.15, 0.2) is 0 Å². The van der Waals surface area contributed by atoms with Crippen molar-refractivity contribution in [2.24, 2.45) is 5.92 Å². The molecule has 0 spiro atoms. The Morgan fingerprint density at radius 3 is 2.70 bits per heavy atom. The maximum atomic E-state index is 12.8. The monoisotopic (exact) mass is 408 g/mol. The summed E-state index contributed by atoms with van der Waals surface area (Å²) in [5.41, 5.74) is 0.903. The summed E-state index contributed by atoms with van der Waals surface area (Å²) in [6.07, 6.45) is 2.03. The van der Waals surface area contributed by atoms with Crippen molar-refractivity contribution in [3.63, 3.8) is 0 Å². The molecular formula is C20H28N2O3S2. The summed E-state index contributed by atoms with van der Waals surface area (Å²) >= 11 is 1.79. The molecule has 1 aromatic heterocycles. The fourth-order valence-corrected chi connectivity index (χ4v) is 5.47. The number of benzene rings is 1. The van der Waals surface area contributed by atoms with Gasteiger partial charge < -0.3 is 4.74 Å². The van der Waals surface area contributed by atoms with E-state index in [1.54, 1.807) is 23.5 Å². The highest BCUT2D eigenvalue weighted by molar-refractivity contribution is 7.89. The van der Waals surface area contributed by atoms with E-state index in [2.05, 4.69) is 27.1 Å². The first-order valence-corrected chi connectivity index (χ1v) is 11.8. The average Bonchev–Trinajstić information content (AvgIpc) is 3.16. The first-order chi connectivity index (χ1) is 13.0. The maximum absolute atomic E-state index is 12.8. The van der Waals surface area contributed by atoms with E-state index in [0.29, 0.717) is 24.8 Å². The van der Waals surface area contributed by atoms with E-state index in [-0.39, 0.29) is 4.90 Å².